The third-order valence-corrected chi connectivity index (χ3v) is 6.59. The Kier molecular flexibility index (Phi) is 14.0. The normalized spacial score (nSPS) is 19.0. The van der Waals surface area contributed by atoms with Crippen molar-refractivity contribution < 1.29 is 44.5 Å². The number of aliphatic carboxylic acids is 4. The van der Waals surface area contributed by atoms with Crippen LogP contribution < -0.4 is 27.8 Å². The van der Waals surface area contributed by atoms with Crippen LogP contribution in [0.25, 0.3) is 0 Å². The van der Waals surface area contributed by atoms with Crippen molar-refractivity contribution >= 4 is 23.9 Å². The van der Waals surface area contributed by atoms with E-state index >= 15 is 0 Å². The number of carboxylic acid groups (broad SMARTS) is 4. The third-order valence-electron chi connectivity index (χ3n) is 6.59. The largest absolute Gasteiger partial charge is 0.480 e. The summed E-state index contributed by atoms with van der Waals surface area (Å²) in [6.45, 7) is 1.25. The maximum Gasteiger partial charge on any atom is 0.320 e. The highest BCUT2D eigenvalue weighted by Gasteiger charge is 2.26. The Hall–Kier alpha value is -2.84. The second kappa shape index (κ2) is 16.1. The molecule has 1 aliphatic rings. The molecule has 0 saturated carbocycles. The zero-order valence-electron chi connectivity index (χ0n) is 21.1. The molecular formula is C24H42N5O8+. The predicted octanol–water partition coefficient (Wildman–Crippen LogP) is -1.39. The van der Waals surface area contributed by atoms with E-state index in [-0.39, 0.29) is 19.3 Å². The third kappa shape index (κ3) is 11.8. The Morgan fingerprint density at radius 3 is 1.65 bits per heavy atom. The number of quaternary nitrogens is 1. The number of rotatable bonds is 19. The predicted molar refractivity (Wildman–Crippen MR) is 134 cm³/mol. The summed E-state index contributed by atoms with van der Waals surface area (Å²) < 4.78 is 0. The van der Waals surface area contributed by atoms with Crippen LogP contribution in [0.15, 0.2) is 22.9 Å². The quantitative estimate of drug-likeness (QED) is 0.0878. The summed E-state index contributed by atoms with van der Waals surface area (Å²) in [7, 11) is 0. The molecule has 13 nitrogen and oxygen atoms in total. The van der Waals surface area contributed by atoms with Crippen LogP contribution in [0.4, 0.5) is 0 Å². The van der Waals surface area contributed by atoms with Crippen molar-refractivity contribution in [2.75, 3.05) is 13.1 Å². The van der Waals surface area contributed by atoms with Gasteiger partial charge in [0.15, 0.2) is 0 Å². The maximum atomic E-state index is 11.3. The number of carbonyl (C=O) groups is 4. The van der Waals surface area contributed by atoms with Gasteiger partial charge in [0, 0.05) is 5.57 Å². The Morgan fingerprint density at radius 1 is 0.676 bits per heavy atom. The zero-order chi connectivity index (χ0) is 28.1. The maximum absolute atomic E-state index is 11.3. The van der Waals surface area contributed by atoms with E-state index in [4.69, 9.17) is 33.1 Å². The van der Waals surface area contributed by atoms with Crippen LogP contribution in [0.2, 0.25) is 0 Å². The topological polar surface area (TPSA) is 258 Å². The van der Waals surface area contributed by atoms with Gasteiger partial charge in [-0.3, -0.25) is 19.2 Å². The number of nitrogens with one attached hydrogen (secondary N) is 1. The van der Waals surface area contributed by atoms with Crippen molar-refractivity contribution in [1.29, 1.82) is 0 Å². The van der Waals surface area contributed by atoms with Crippen molar-refractivity contribution in [3.63, 3.8) is 0 Å². The molecule has 0 aliphatic carbocycles. The first kappa shape index (κ1) is 32.2. The second-order valence-electron chi connectivity index (χ2n) is 9.58. The van der Waals surface area contributed by atoms with Gasteiger partial charge in [0.05, 0.1) is 12.7 Å². The van der Waals surface area contributed by atoms with Gasteiger partial charge in [-0.2, -0.15) is 0 Å². The van der Waals surface area contributed by atoms with Crippen LogP contribution in [0, 0.1) is 0 Å². The molecule has 0 aromatic carbocycles. The molecule has 0 spiro atoms. The van der Waals surface area contributed by atoms with Crippen LogP contribution in [-0.4, -0.2) is 81.6 Å². The molecular weight excluding hydrogens is 486 g/mol. The Bertz CT molecular complexity index is 875. The highest BCUT2D eigenvalue weighted by Crippen LogP contribution is 2.29. The smallest absolute Gasteiger partial charge is 0.320 e. The number of hydrogen-bond acceptors (Lipinski definition) is 8. The lowest BCUT2D eigenvalue weighted by Gasteiger charge is -2.28. The Labute approximate surface area is 216 Å². The van der Waals surface area contributed by atoms with E-state index in [1.54, 1.807) is 0 Å². The number of nitrogens with two attached hydrogens (primary N) is 4. The van der Waals surface area contributed by atoms with E-state index in [1.165, 1.54) is 0 Å². The minimum atomic E-state index is -1.11. The van der Waals surface area contributed by atoms with E-state index in [2.05, 4.69) is 0 Å². The first-order valence-electron chi connectivity index (χ1n) is 12.5. The SMILES string of the molecule is NC(CCCC[NH+]1C=C(CCC(N)C(=O)O)C(CCCC(N)C(=O)O)=C(CCC(N)C(=O)O)C1)C(=O)O. The summed E-state index contributed by atoms with van der Waals surface area (Å²) in [5.41, 5.74) is 25.5. The molecule has 0 saturated heterocycles. The molecule has 13 heteroatoms. The first-order valence-corrected chi connectivity index (χ1v) is 12.5. The Balaban J connectivity index is 3.10. The molecule has 13 N–H and O–H groups in total. The number of unbranched alkanes of at least 4 members (excludes halogenated alkanes) is 1. The summed E-state index contributed by atoms with van der Waals surface area (Å²) in [4.78, 5) is 45.6. The fourth-order valence-corrected chi connectivity index (χ4v) is 4.30. The molecule has 0 fully saturated rings. The van der Waals surface area contributed by atoms with Gasteiger partial charge in [0.2, 0.25) is 0 Å². The molecule has 0 aromatic heterocycles. The van der Waals surface area contributed by atoms with E-state index in [1.807, 2.05) is 6.20 Å². The molecule has 1 heterocycles. The minimum absolute atomic E-state index is 0.196. The summed E-state index contributed by atoms with van der Waals surface area (Å²) >= 11 is 0. The van der Waals surface area contributed by atoms with E-state index in [9.17, 15) is 29.4 Å². The van der Waals surface area contributed by atoms with Crippen LogP contribution >= 0.6 is 0 Å². The minimum Gasteiger partial charge on any atom is -0.480 e. The van der Waals surface area contributed by atoms with Crippen LogP contribution in [-0.2, 0) is 19.2 Å². The van der Waals surface area contributed by atoms with Crippen molar-refractivity contribution in [2.24, 2.45) is 22.9 Å². The summed E-state index contributed by atoms with van der Waals surface area (Å²) in [6, 6.07) is -4.00. The molecule has 1 aliphatic heterocycles. The molecule has 0 radical (unpaired) electrons. The van der Waals surface area contributed by atoms with Crippen LogP contribution in [0.1, 0.15) is 64.2 Å². The second-order valence-corrected chi connectivity index (χ2v) is 9.58. The number of allylic oxidation sites excluding steroid dienone is 2. The lowest BCUT2D eigenvalue weighted by molar-refractivity contribution is -0.843. The zero-order valence-corrected chi connectivity index (χ0v) is 21.1. The standard InChI is InChI=1S/C24H41N5O8/c25-17(21(30)31)5-1-2-11-29-12-14(7-9-19(27)23(34)35)16(4-3-6-18(26)22(32)33)15(13-29)8-10-20(28)24(36)37/h12,17-20H,1-11,13,25-28H2,(H,30,31)(H,32,33)(H,34,35)(H,36,37)/p+1. The van der Waals surface area contributed by atoms with Crippen LogP contribution in [0.3, 0.4) is 0 Å². The van der Waals surface area contributed by atoms with E-state index < -0.39 is 48.0 Å². The fourth-order valence-electron chi connectivity index (χ4n) is 4.30. The van der Waals surface area contributed by atoms with Gasteiger partial charge in [-0.15, -0.1) is 0 Å². The van der Waals surface area contributed by atoms with E-state index in [0.717, 1.165) is 21.6 Å². The van der Waals surface area contributed by atoms with E-state index in [0.29, 0.717) is 58.0 Å². The molecule has 5 unspecified atom stereocenters. The number of carboxylic acids is 4. The molecule has 0 aromatic rings. The van der Waals surface area contributed by atoms with Gasteiger partial charge < -0.3 is 48.3 Å². The lowest BCUT2D eigenvalue weighted by atomic mass is 9.86. The van der Waals surface area contributed by atoms with Gasteiger partial charge in [-0.25, -0.2) is 0 Å². The average molecular weight is 529 g/mol. The molecule has 1 rings (SSSR count). The van der Waals surface area contributed by atoms with Gasteiger partial charge in [-0.1, -0.05) is 0 Å². The Morgan fingerprint density at radius 2 is 1.14 bits per heavy atom. The fraction of sp³-hybridized carbons (Fsp3) is 0.667. The van der Waals surface area contributed by atoms with Crippen molar-refractivity contribution in [3.8, 4) is 0 Å². The summed E-state index contributed by atoms with van der Waals surface area (Å²) in [5, 5.41) is 36.5. The molecule has 5 atom stereocenters. The molecule has 0 bridgehead atoms. The van der Waals surface area contributed by atoms with Gasteiger partial charge in [0.25, 0.3) is 0 Å². The monoisotopic (exact) mass is 528 g/mol. The average Bonchev–Trinajstić information content (AvgIpc) is 2.83. The van der Waals surface area contributed by atoms with Crippen molar-refractivity contribution in [2.45, 2.75) is 88.4 Å². The van der Waals surface area contributed by atoms with Gasteiger partial charge >= 0.3 is 23.9 Å². The van der Waals surface area contributed by atoms with Crippen LogP contribution in [0.5, 0.6) is 0 Å². The highest BCUT2D eigenvalue weighted by molar-refractivity contribution is 5.74. The summed E-state index contributed by atoms with van der Waals surface area (Å²) in [6.07, 6.45) is 6.15. The van der Waals surface area contributed by atoms with Gasteiger partial charge in [0.1, 0.15) is 30.7 Å². The first-order chi connectivity index (χ1) is 17.3. The molecule has 37 heavy (non-hydrogen) atoms. The lowest BCUT2D eigenvalue weighted by Crippen LogP contribution is -3.08. The molecule has 210 valence electrons. The molecule has 0 amide bonds. The van der Waals surface area contributed by atoms with Crippen molar-refractivity contribution in [3.05, 3.63) is 22.9 Å². The van der Waals surface area contributed by atoms with Crippen molar-refractivity contribution in [1.82, 2.24) is 0 Å². The van der Waals surface area contributed by atoms with Gasteiger partial charge in [-0.05, 0) is 75.4 Å². The highest BCUT2D eigenvalue weighted by atomic mass is 16.4. The summed E-state index contributed by atoms with van der Waals surface area (Å²) in [5.74, 6) is -4.35. The number of hydrogen-bond donors (Lipinski definition) is 9.